The van der Waals surface area contributed by atoms with Gasteiger partial charge in [-0.25, -0.2) is 0 Å². The van der Waals surface area contributed by atoms with E-state index in [0.717, 1.165) is 24.4 Å². The molecule has 106 valence electrons. The minimum Gasteiger partial charge on any atom is -0.310 e. The first kappa shape index (κ1) is 15.1. The maximum atomic E-state index is 6.08. The predicted octanol–water partition coefficient (Wildman–Crippen LogP) is 4.93. The zero-order valence-electron chi connectivity index (χ0n) is 12.2. The van der Waals surface area contributed by atoms with Gasteiger partial charge in [0.25, 0.3) is 0 Å². The van der Waals surface area contributed by atoms with Crippen molar-refractivity contribution in [2.75, 3.05) is 6.54 Å². The molecule has 20 heavy (non-hydrogen) atoms. The summed E-state index contributed by atoms with van der Waals surface area (Å²) in [7, 11) is 0. The Hall–Kier alpha value is -1.31. The molecule has 0 aliphatic heterocycles. The summed E-state index contributed by atoms with van der Waals surface area (Å²) >= 11 is 6.08. The van der Waals surface area contributed by atoms with Crippen LogP contribution >= 0.6 is 11.6 Å². The summed E-state index contributed by atoms with van der Waals surface area (Å²) in [5, 5.41) is 4.44. The first-order chi connectivity index (χ1) is 9.69. The second-order valence-electron chi connectivity index (χ2n) is 5.25. The molecule has 0 fully saturated rings. The van der Waals surface area contributed by atoms with Crippen LogP contribution in [0.5, 0.6) is 0 Å². The van der Waals surface area contributed by atoms with Crippen molar-refractivity contribution in [2.45, 2.75) is 32.7 Å². The van der Waals surface area contributed by atoms with Crippen LogP contribution in [0.4, 0.5) is 0 Å². The highest BCUT2D eigenvalue weighted by Crippen LogP contribution is 2.21. The van der Waals surface area contributed by atoms with E-state index in [1.54, 1.807) is 0 Å². The lowest BCUT2D eigenvalue weighted by molar-refractivity contribution is 0.529. The van der Waals surface area contributed by atoms with E-state index in [4.69, 9.17) is 11.6 Å². The Bertz CT molecular complexity index is 551. The maximum absolute atomic E-state index is 6.08. The molecule has 0 aliphatic carbocycles. The molecule has 0 radical (unpaired) electrons. The molecule has 0 aromatic heterocycles. The number of nitrogens with one attached hydrogen (secondary N) is 1. The van der Waals surface area contributed by atoms with Crippen molar-refractivity contribution in [2.24, 2.45) is 0 Å². The molecule has 0 saturated carbocycles. The van der Waals surface area contributed by atoms with Crippen molar-refractivity contribution in [3.05, 3.63) is 70.2 Å². The van der Waals surface area contributed by atoms with Crippen LogP contribution in [0, 0.1) is 6.92 Å². The molecule has 2 heteroatoms. The number of hydrogen-bond donors (Lipinski definition) is 1. The highest BCUT2D eigenvalue weighted by Gasteiger charge is 2.11. The Balaban J connectivity index is 2.19. The van der Waals surface area contributed by atoms with E-state index >= 15 is 0 Å². The molecule has 2 aromatic carbocycles. The van der Waals surface area contributed by atoms with Gasteiger partial charge in [0.1, 0.15) is 0 Å². The van der Waals surface area contributed by atoms with Crippen molar-refractivity contribution < 1.29 is 0 Å². The normalized spacial score (nSPS) is 12.3. The third kappa shape index (κ3) is 4.36. The van der Waals surface area contributed by atoms with Crippen LogP contribution in [0.1, 0.15) is 36.1 Å². The van der Waals surface area contributed by atoms with Crippen molar-refractivity contribution in [1.82, 2.24) is 5.32 Å². The monoisotopic (exact) mass is 287 g/mol. The average Bonchev–Trinajstić information content (AvgIpc) is 2.43. The molecule has 0 bridgehead atoms. The summed E-state index contributed by atoms with van der Waals surface area (Å²) in [6, 6.07) is 17.2. The number of halogens is 1. The fourth-order valence-corrected chi connectivity index (χ4v) is 2.63. The lowest BCUT2D eigenvalue weighted by Gasteiger charge is -2.20. The zero-order chi connectivity index (χ0) is 14.4. The van der Waals surface area contributed by atoms with Gasteiger partial charge in [0.2, 0.25) is 0 Å². The van der Waals surface area contributed by atoms with E-state index in [2.05, 4.69) is 55.6 Å². The van der Waals surface area contributed by atoms with Crippen molar-refractivity contribution >= 4 is 11.6 Å². The molecular weight excluding hydrogens is 266 g/mol. The van der Waals surface area contributed by atoms with E-state index in [-0.39, 0.29) is 0 Å². The Kier molecular flexibility index (Phi) is 5.63. The van der Waals surface area contributed by atoms with Gasteiger partial charge in [0.05, 0.1) is 0 Å². The van der Waals surface area contributed by atoms with Gasteiger partial charge >= 0.3 is 0 Å². The molecule has 0 saturated heterocycles. The summed E-state index contributed by atoms with van der Waals surface area (Å²) < 4.78 is 0. The summed E-state index contributed by atoms with van der Waals surface area (Å²) in [4.78, 5) is 0. The van der Waals surface area contributed by atoms with Crippen LogP contribution in [0.3, 0.4) is 0 Å². The van der Waals surface area contributed by atoms with Crippen LogP contribution in [0.15, 0.2) is 48.5 Å². The lowest BCUT2D eigenvalue weighted by atomic mass is 9.97. The quantitative estimate of drug-likeness (QED) is 0.794. The molecule has 0 aliphatic rings. The van der Waals surface area contributed by atoms with Crippen molar-refractivity contribution in [3.63, 3.8) is 0 Å². The van der Waals surface area contributed by atoms with Gasteiger partial charge < -0.3 is 5.32 Å². The van der Waals surface area contributed by atoms with E-state index in [1.807, 2.05) is 12.1 Å². The predicted molar refractivity (Wildman–Crippen MR) is 87.4 cm³/mol. The van der Waals surface area contributed by atoms with Crippen LogP contribution in [0.2, 0.25) is 5.02 Å². The Labute approximate surface area is 127 Å². The molecular formula is C18H22ClN. The Morgan fingerprint density at radius 3 is 2.60 bits per heavy atom. The SMILES string of the molecule is CCCNC(Cc1cccc(Cl)c1)c1cccc(C)c1. The van der Waals surface area contributed by atoms with Gasteiger partial charge in [-0.05, 0) is 49.6 Å². The third-order valence-corrected chi connectivity index (χ3v) is 3.65. The molecule has 1 atom stereocenters. The summed E-state index contributed by atoms with van der Waals surface area (Å²) in [6.45, 7) is 5.36. The van der Waals surface area contributed by atoms with E-state index < -0.39 is 0 Å². The lowest BCUT2D eigenvalue weighted by Crippen LogP contribution is -2.24. The van der Waals surface area contributed by atoms with E-state index in [9.17, 15) is 0 Å². The van der Waals surface area contributed by atoms with E-state index in [0.29, 0.717) is 6.04 Å². The molecule has 0 heterocycles. The number of aryl methyl sites for hydroxylation is 1. The van der Waals surface area contributed by atoms with Gasteiger partial charge in [0.15, 0.2) is 0 Å². The molecule has 0 spiro atoms. The minimum atomic E-state index is 0.341. The molecule has 1 nitrogen and oxygen atoms in total. The maximum Gasteiger partial charge on any atom is 0.0408 e. The molecule has 0 amide bonds. The Morgan fingerprint density at radius 2 is 1.90 bits per heavy atom. The summed E-state index contributed by atoms with van der Waals surface area (Å²) in [5.74, 6) is 0. The first-order valence-corrected chi connectivity index (χ1v) is 7.61. The zero-order valence-corrected chi connectivity index (χ0v) is 13.0. The molecule has 1 N–H and O–H groups in total. The smallest absolute Gasteiger partial charge is 0.0408 e. The van der Waals surface area contributed by atoms with Gasteiger partial charge in [-0.3, -0.25) is 0 Å². The number of hydrogen-bond acceptors (Lipinski definition) is 1. The number of benzene rings is 2. The fourth-order valence-electron chi connectivity index (χ4n) is 2.41. The van der Waals surface area contributed by atoms with Crippen LogP contribution in [-0.4, -0.2) is 6.54 Å². The molecule has 2 aromatic rings. The Morgan fingerprint density at radius 1 is 1.10 bits per heavy atom. The van der Waals surface area contributed by atoms with Gasteiger partial charge in [-0.2, -0.15) is 0 Å². The van der Waals surface area contributed by atoms with Crippen molar-refractivity contribution in [3.8, 4) is 0 Å². The highest BCUT2D eigenvalue weighted by atomic mass is 35.5. The second-order valence-corrected chi connectivity index (χ2v) is 5.69. The van der Waals surface area contributed by atoms with Crippen molar-refractivity contribution in [1.29, 1.82) is 0 Å². The molecule has 2 rings (SSSR count). The minimum absolute atomic E-state index is 0.341. The van der Waals surface area contributed by atoms with Crippen LogP contribution < -0.4 is 5.32 Å². The second kappa shape index (κ2) is 7.47. The fraction of sp³-hybridized carbons (Fsp3) is 0.333. The van der Waals surface area contributed by atoms with Crippen LogP contribution in [-0.2, 0) is 6.42 Å². The van der Waals surface area contributed by atoms with Gasteiger partial charge in [0, 0.05) is 11.1 Å². The highest BCUT2D eigenvalue weighted by molar-refractivity contribution is 6.30. The van der Waals surface area contributed by atoms with Gasteiger partial charge in [-0.1, -0.05) is 60.5 Å². The summed E-state index contributed by atoms with van der Waals surface area (Å²) in [6.07, 6.45) is 2.10. The largest absolute Gasteiger partial charge is 0.310 e. The van der Waals surface area contributed by atoms with Crippen LogP contribution in [0.25, 0.3) is 0 Å². The first-order valence-electron chi connectivity index (χ1n) is 7.23. The third-order valence-electron chi connectivity index (χ3n) is 3.41. The standard InChI is InChI=1S/C18H22ClN/c1-3-10-20-18(16-8-4-6-14(2)11-16)13-15-7-5-9-17(19)12-15/h4-9,11-12,18,20H,3,10,13H2,1-2H3. The topological polar surface area (TPSA) is 12.0 Å². The van der Waals surface area contributed by atoms with E-state index in [1.165, 1.54) is 16.7 Å². The number of rotatable bonds is 6. The molecule has 1 unspecified atom stereocenters. The average molecular weight is 288 g/mol. The summed E-state index contributed by atoms with van der Waals surface area (Å²) in [5.41, 5.74) is 3.92. The van der Waals surface area contributed by atoms with Gasteiger partial charge in [-0.15, -0.1) is 0 Å².